The van der Waals surface area contributed by atoms with Gasteiger partial charge in [-0.3, -0.25) is 18.8 Å². The molecule has 200 valence electrons. The topological polar surface area (TPSA) is 118 Å². The van der Waals surface area contributed by atoms with Gasteiger partial charge in [-0.05, 0) is 62.0 Å². The van der Waals surface area contributed by atoms with Crippen molar-refractivity contribution in [3.8, 4) is 11.3 Å². The zero-order chi connectivity index (χ0) is 26.8. The molecule has 11 nitrogen and oxygen atoms in total. The molecule has 1 aliphatic rings. The van der Waals surface area contributed by atoms with Gasteiger partial charge in [0.1, 0.15) is 17.4 Å². The van der Waals surface area contributed by atoms with Crippen LogP contribution in [-0.4, -0.2) is 57.4 Å². The van der Waals surface area contributed by atoms with Crippen LogP contribution in [0.1, 0.15) is 31.2 Å². The summed E-state index contributed by atoms with van der Waals surface area (Å²) >= 11 is 1.44. The van der Waals surface area contributed by atoms with Crippen molar-refractivity contribution in [2.75, 3.05) is 23.7 Å². The van der Waals surface area contributed by atoms with Crippen LogP contribution in [0.15, 0.2) is 55.2 Å². The molecule has 1 atom stereocenters. The molecule has 5 aromatic rings. The third kappa shape index (κ3) is 5.81. The van der Waals surface area contributed by atoms with Crippen molar-refractivity contribution in [3.63, 3.8) is 0 Å². The van der Waals surface area contributed by atoms with Crippen LogP contribution in [0.4, 0.5) is 16.6 Å². The highest BCUT2D eigenvalue weighted by molar-refractivity contribution is 7.10. The number of hydrogen-bond donors (Lipinski definition) is 2. The van der Waals surface area contributed by atoms with Crippen LogP contribution >= 0.6 is 11.5 Å². The molecule has 1 fully saturated rings. The molecule has 0 aromatic carbocycles. The molecule has 1 unspecified atom stereocenters. The van der Waals surface area contributed by atoms with Crippen LogP contribution in [0.25, 0.3) is 16.9 Å². The van der Waals surface area contributed by atoms with Gasteiger partial charge in [0.25, 0.3) is 0 Å². The van der Waals surface area contributed by atoms with E-state index in [1.165, 1.54) is 24.4 Å². The first-order valence-electron chi connectivity index (χ1n) is 13.0. The van der Waals surface area contributed by atoms with Gasteiger partial charge in [-0.15, -0.1) is 0 Å². The summed E-state index contributed by atoms with van der Waals surface area (Å²) < 4.78 is 8.27. The normalized spacial score (nSPS) is 16.0. The Bertz CT molecular complexity index is 1590. The highest BCUT2D eigenvalue weighted by atomic mass is 32.1. The number of amides is 1. The molecule has 1 saturated heterocycles. The first-order valence-corrected chi connectivity index (χ1v) is 13.8. The Morgan fingerprint density at radius 1 is 1.21 bits per heavy atom. The van der Waals surface area contributed by atoms with E-state index in [0.29, 0.717) is 17.3 Å². The van der Waals surface area contributed by atoms with E-state index in [4.69, 9.17) is 4.98 Å². The lowest BCUT2D eigenvalue weighted by molar-refractivity contribution is -0.116. The summed E-state index contributed by atoms with van der Waals surface area (Å²) in [6.07, 6.45) is 11.5. The zero-order valence-electron chi connectivity index (χ0n) is 21.9. The third-order valence-corrected chi connectivity index (χ3v) is 7.45. The second kappa shape index (κ2) is 10.9. The fourth-order valence-corrected chi connectivity index (χ4v) is 5.63. The fourth-order valence-electron chi connectivity index (χ4n) is 4.98. The number of carbonyl (C=O) groups is 1. The number of likely N-dealkylation sites (tertiary alicyclic amines) is 1. The number of aromatic nitrogens is 7. The van der Waals surface area contributed by atoms with Gasteiger partial charge in [0, 0.05) is 37.2 Å². The number of piperidine rings is 1. The maximum absolute atomic E-state index is 12.4. The van der Waals surface area contributed by atoms with Crippen molar-refractivity contribution in [2.45, 2.75) is 39.8 Å². The van der Waals surface area contributed by atoms with E-state index in [1.807, 2.05) is 29.8 Å². The quantitative estimate of drug-likeness (QED) is 0.297. The van der Waals surface area contributed by atoms with Gasteiger partial charge in [0.2, 0.25) is 5.91 Å². The Kier molecular flexibility index (Phi) is 7.03. The Balaban J connectivity index is 1.17. The Morgan fingerprint density at radius 3 is 2.97 bits per heavy atom. The van der Waals surface area contributed by atoms with Crippen LogP contribution in [0.5, 0.6) is 0 Å². The highest BCUT2D eigenvalue weighted by Crippen LogP contribution is 2.28. The van der Waals surface area contributed by atoms with Crippen molar-refractivity contribution < 1.29 is 4.79 Å². The second-order valence-electron chi connectivity index (χ2n) is 10.0. The van der Waals surface area contributed by atoms with E-state index in [0.717, 1.165) is 53.2 Å². The van der Waals surface area contributed by atoms with Crippen molar-refractivity contribution in [1.82, 2.24) is 38.4 Å². The highest BCUT2D eigenvalue weighted by Gasteiger charge is 2.18. The summed E-state index contributed by atoms with van der Waals surface area (Å²) in [6.45, 7) is 7.48. The molecule has 0 saturated carbocycles. The molecule has 0 radical (unpaired) electrons. The Labute approximate surface area is 230 Å². The number of imidazole rings is 1. The molecule has 0 aliphatic carbocycles. The summed E-state index contributed by atoms with van der Waals surface area (Å²) in [7, 11) is 0. The maximum atomic E-state index is 12.4. The summed E-state index contributed by atoms with van der Waals surface area (Å²) in [5.41, 5.74) is 4.33. The molecule has 1 aliphatic heterocycles. The van der Waals surface area contributed by atoms with Gasteiger partial charge in [-0.1, -0.05) is 13.0 Å². The molecule has 5 aromatic heterocycles. The first kappa shape index (κ1) is 25.1. The number of anilines is 3. The Morgan fingerprint density at radius 2 is 2.13 bits per heavy atom. The van der Waals surface area contributed by atoms with Crippen molar-refractivity contribution in [1.29, 1.82) is 0 Å². The monoisotopic (exact) mass is 542 g/mol. The van der Waals surface area contributed by atoms with Gasteiger partial charge < -0.3 is 10.6 Å². The van der Waals surface area contributed by atoms with Gasteiger partial charge >= 0.3 is 0 Å². The number of fused-ring (bicyclic) bond motifs is 1. The van der Waals surface area contributed by atoms with E-state index in [1.54, 1.807) is 35.4 Å². The molecule has 6 heterocycles. The fraction of sp³-hybridized carbons (Fsp3) is 0.333. The summed E-state index contributed by atoms with van der Waals surface area (Å²) in [6, 6.07) is 7.47. The minimum atomic E-state index is -0.202. The van der Waals surface area contributed by atoms with Crippen molar-refractivity contribution in [3.05, 3.63) is 66.6 Å². The van der Waals surface area contributed by atoms with Crippen LogP contribution in [0.2, 0.25) is 0 Å². The number of aryl methyl sites for hydroxylation is 1. The summed E-state index contributed by atoms with van der Waals surface area (Å²) in [4.78, 5) is 28.4. The molecule has 0 spiro atoms. The summed E-state index contributed by atoms with van der Waals surface area (Å²) in [5.74, 6) is 1.72. The smallest absolute Gasteiger partial charge is 0.247 e. The van der Waals surface area contributed by atoms with Crippen LogP contribution in [0, 0.1) is 12.8 Å². The SMILES string of the molecule is Cc1cn2c(-c3cnn(CC(=O)Nc4ccccn4)c3)cnc2c(Nc2cc(CN3CCCC(C)C3)ns2)n1. The van der Waals surface area contributed by atoms with E-state index >= 15 is 0 Å². The van der Waals surface area contributed by atoms with E-state index < -0.39 is 0 Å². The molecule has 0 bridgehead atoms. The maximum Gasteiger partial charge on any atom is 0.247 e. The number of nitrogens with one attached hydrogen (secondary N) is 2. The Hall–Kier alpha value is -4.16. The average Bonchev–Trinajstić information content (AvgIpc) is 3.65. The zero-order valence-corrected chi connectivity index (χ0v) is 22.7. The number of hydrogen-bond acceptors (Lipinski definition) is 9. The lowest BCUT2D eigenvalue weighted by Crippen LogP contribution is -2.33. The van der Waals surface area contributed by atoms with Crippen LogP contribution in [0.3, 0.4) is 0 Å². The van der Waals surface area contributed by atoms with Crippen molar-refractivity contribution >= 4 is 39.7 Å². The van der Waals surface area contributed by atoms with E-state index in [-0.39, 0.29) is 12.5 Å². The van der Waals surface area contributed by atoms with Crippen molar-refractivity contribution in [2.24, 2.45) is 5.92 Å². The average molecular weight is 543 g/mol. The van der Waals surface area contributed by atoms with Crippen LogP contribution < -0.4 is 10.6 Å². The van der Waals surface area contributed by atoms with Crippen LogP contribution in [-0.2, 0) is 17.9 Å². The predicted molar refractivity (Wildman–Crippen MR) is 151 cm³/mol. The number of carbonyl (C=O) groups excluding carboxylic acids is 1. The third-order valence-electron chi connectivity index (χ3n) is 6.71. The molecule has 12 heteroatoms. The second-order valence-corrected chi connectivity index (χ2v) is 10.9. The molecule has 6 rings (SSSR count). The minimum Gasteiger partial charge on any atom is -0.328 e. The number of rotatable bonds is 8. The molecule has 2 N–H and O–H groups in total. The largest absolute Gasteiger partial charge is 0.328 e. The van der Waals surface area contributed by atoms with Gasteiger partial charge in [-0.25, -0.2) is 15.0 Å². The lowest BCUT2D eigenvalue weighted by Gasteiger charge is -2.30. The summed E-state index contributed by atoms with van der Waals surface area (Å²) in [5, 5.41) is 11.5. The number of nitrogens with zero attached hydrogens (tertiary/aromatic N) is 8. The standard InChI is InChI=1S/C27H30N10OS/c1-18-6-5-9-35(13-18)16-21-10-25(39-34-21)33-26-27-29-12-22(37(27)14-19(2)31-26)20-11-30-36(15-20)17-24(38)32-23-7-3-4-8-28-23/h3-4,7-8,10-12,14-15,18H,5-6,9,13,16-17H2,1-2H3,(H,31,33)(H,28,32,38). The van der Waals surface area contributed by atoms with Gasteiger partial charge in [0.15, 0.2) is 11.5 Å². The molecule has 39 heavy (non-hydrogen) atoms. The predicted octanol–water partition coefficient (Wildman–Crippen LogP) is 4.37. The lowest BCUT2D eigenvalue weighted by atomic mass is 10.0. The first-order chi connectivity index (χ1) is 19.0. The van der Waals surface area contributed by atoms with E-state index in [9.17, 15) is 4.79 Å². The van der Waals surface area contributed by atoms with E-state index in [2.05, 4.69) is 48.0 Å². The van der Waals surface area contributed by atoms with Gasteiger partial charge in [0.05, 0.1) is 29.5 Å². The van der Waals surface area contributed by atoms with Gasteiger partial charge in [-0.2, -0.15) is 9.47 Å². The number of pyridine rings is 1. The molecule has 1 amide bonds. The molecular formula is C27H30N10OS. The molecular weight excluding hydrogens is 512 g/mol. The minimum absolute atomic E-state index is 0.0742.